The van der Waals surface area contributed by atoms with E-state index in [1.165, 1.54) is 0 Å². The summed E-state index contributed by atoms with van der Waals surface area (Å²) in [4.78, 5) is 19.6. The van der Waals surface area contributed by atoms with Crippen LogP contribution < -0.4 is 10.2 Å². The SMILES string of the molecule is O=C(O)NCCC1CCN(c2nccc(C(F)(F)F)n2)CC1. The molecule has 1 saturated heterocycles. The molecule has 22 heavy (non-hydrogen) atoms. The molecule has 2 heterocycles. The van der Waals surface area contributed by atoms with Crippen LogP contribution in [0.25, 0.3) is 0 Å². The van der Waals surface area contributed by atoms with E-state index in [9.17, 15) is 18.0 Å². The number of hydrogen-bond acceptors (Lipinski definition) is 4. The molecule has 0 saturated carbocycles. The summed E-state index contributed by atoms with van der Waals surface area (Å²) in [6, 6.07) is 0.855. The predicted octanol–water partition coefficient (Wildman–Crippen LogP) is 2.37. The van der Waals surface area contributed by atoms with Crippen molar-refractivity contribution in [3.8, 4) is 0 Å². The fourth-order valence-corrected chi connectivity index (χ4v) is 2.46. The molecule has 0 unspecified atom stereocenters. The Morgan fingerprint density at radius 3 is 2.68 bits per heavy atom. The maximum atomic E-state index is 12.6. The van der Waals surface area contributed by atoms with Gasteiger partial charge in [0.1, 0.15) is 5.69 Å². The highest BCUT2D eigenvalue weighted by Gasteiger charge is 2.33. The van der Waals surface area contributed by atoms with Crippen molar-refractivity contribution < 1.29 is 23.1 Å². The van der Waals surface area contributed by atoms with Gasteiger partial charge in [-0.25, -0.2) is 14.8 Å². The number of nitrogens with one attached hydrogen (secondary N) is 1. The van der Waals surface area contributed by atoms with E-state index in [4.69, 9.17) is 5.11 Å². The number of nitrogens with zero attached hydrogens (tertiary/aromatic N) is 3. The highest BCUT2D eigenvalue weighted by molar-refractivity contribution is 5.64. The molecule has 1 amide bonds. The summed E-state index contributed by atoms with van der Waals surface area (Å²) in [5, 5.41) is 10.8. The Morgan fingerprint density at radius 1 is 1.41 bits per heavy atom. The van der Waals surface area contributed by atoms with Gasteiger partial charge in [0.2, 0.25) is 5.95 Å². The van der Waals surface area contributed by atoms with Crippen LogP contribution in [0, 0.1) is 5.92 Å². The molecule has 0 bridgehead atoms. The summed E-state index contributed by atoms with van der Waals surface area (Å²) in [5.74, 6) is 0.450. The van der Waals surface area contributed by atoms with Crippen LogP contribution in [0.15, 0.2) is 12.3 Å². The zero-order chi connectivity index (χ0) is 16.2. The summed E-state index contributed by atoms with van der Waals surface area (Å²) >= 11 is 0. The van der Waals surface area contributed by atoms with E-state index >= 15 is 0 Å². The zero-order valence-electron chi connectivity index (χ0n) is 11.8. The normalized spacial score (nSPS) is 16.6. The number of aromatic nitrogens is 2. The van der Waals surface area contributed by atoms with E-state index in [1.807, 2.05) is 0 Å². The predicted molar refractivity (Wildman–Crippen MR) is 72.6 cm³/mol. The van der Waals surface area contributed by atoms with Crippen molar-refractivity contribution in [2.75, 3.05) is 24.5 Å². The van der Waals surface area contributed by atoms with Gasteiger partial charge in [-0.3, -0.25) is 0 Å². The van der Waals surface area contributed by atoms with E-state index in [0.29, 0.717) is 25.6 Å². The summed E-state index contributed by atoms with van der Waals surface area (Å²) in [5.41, 5.74) is -0.940. The Balaban J connectivity index is 1.88. The second kappa shape index (κ2) is 6.80. The fraction of sp³-hybridized carbons (Fsp3) is 0.615. The van der Waals surface area contributed by atoms with Gasteiger partial charge in [-0.2, -0.15) is 13.2 Å². The third kappa shape index (κ3) is 4.47. The average Bonchev–Trinajstić information content (AvgIpc) is 2.47. The van der Waals surface area contributed by atoms with Crippen LogP contribution in [0.4, 0.5) is 23.9 Å². The number of piperidine rings is 1. The van der Waals surface area contributed by atoms with Gasteiger partial charge in [-0.1, -0.05) is 0 Å². The maximum absolute atomic E-state index is 12.6. The van der Waals surface area contributed by atoms with Crippen molar-refractivity contribution in [2.45, 2.75) is 25.4 Å². The number of rotatable bonds is 4. The first-order chi connectivity index (χ1) is 10.4. The minimum Gasteiger partial charge on any atom is -0.465 e. The molecule has 2 rings (SSSR count). The first kappa shape index (κ1) is 16.3. The van der Waals surface area contributed by atoms with Crippen molar-refractivity contribution in [1.82, 2.24) is 15.3 Å². The molecule has 0 radical (unpaired) electrons. The molecule has 0 aromatic carbocycles. The number of carboxylic acid groups (broad SMARTS) is 1. The quantitative estimate of drug-likeness (QED) is 0.891. The lowest BCUT2D eigenvalue weighted by atomic mass is 9.94. The van der Waals surface area contributed by atoms with Gasteiger partial charge < -0.3 is 15.3 Å². The lowest BCUT2D eigenvalue weighted by molar-refractivity contribution is -0.141. The number of carbonyl (C=O) groups is 1. The maximum Gasteiger partial charge on any atom is 0.433 e. The second-order valence-corrected chi connectivity index (χ2v) is 5.19. The van der Waals surface area contributed by atoms with Crippen LogP contribution in [0.3, 0.4) is 0 Å². The van der Waals surface area contributed by atoms with Crippen molar-refractivity contribution in [3.63, 3.8) is 0 Å². The van der Waals surface area contributed by atoms with E-state index in [2.05, 4.69) is 15.3 Å². The van der Waals surface area contributed by atoms with Crippen LogP contribution in [0.1, 0.15) is 25.0 Å². The monoisotopic (exact) mass is 318 g/mol. The smallest absolute Gasteiger partial charge is 0.433 e. The highest BCUT2D eigenvalue weighted by atomic mass is 19.4. The lowest BCUT2D eigenvalue weighted by Gasteiger charge is -2.32. The molecule has 1 fully saturated rings. The van der Waals surface area contributed by atoms with E-state index in [1.54, 1.807) is 4.90 Å². The molecule has 1 aliphatic rings. The van der Waals surface area contributed by atoms with Crippen LogP contribution in [0.2, 0.25) is 0 Å². The highest BCUT2D eigenvalue weighted by Crippen LogP contribution is 2.29. The fourth-order valence-electron chi connectivity index (χ4n) is 2.46. The van der Waals surface area contributed by atoms with Gasteiger partial charge in [-0.15, -0.1) is 0 Å². The summed E-state index contributed by atoms with van der Waals surface area (Å²) in [6.07, 6.45) is -2.12. The third-order valence-electron chi connectivity index (χ3n) is 3.66. The zero-order valence-corrected chi connectivity index (χ0v) is 11.8. The largest absolute Gasteiger partial charge is 0.465 e. The topological polar surface area (TPSA) is 78.4 Å². The Morgan fingerprint density at radius 2 is 2.09 bits per heavy atom. The number of anilines is 1. The summed E-state index contributed by atoms with van der Waals surface area (Å²) in [6.45, 7) is 1.53. The van der Waals surface area contributed by atoms with Gasteiger partial charge in [-0.05, 0) is 31.2 Å². The van der Waals surface area contributed by atoms with Crippen LogP contribution in [0.5, 0.6) is 0 Å². The average molecular weight is 318 g/mol. The number of hydrogen-bond donors (Lipinski definition) is 2. The molecule has 122 valence electrons. The first-order valence-electron chi connectivity index (χ1n) is 6.98. The standard InChI is InChI=1S/C13H17F3N4O2/c14-13(15,16)10-2-6-17-11(19-10)20-7-3-9(4-8-20)1-5-18-12(21)22/h2,6,9,18H,1,3-5,7-8H2,(H,21,22). The van der Waals surface area contributed by atoms with Crippen molar-refractivity contribution >= 4 is 12.0 Å². The number of halogens is 3. The van der Waals surface area contributed by atoms with Crippen molar-refractivity contribution in [3.05, 3.63) is 18.0 Å². The lowest BCUT2D eigenvalue weighted by Crippen LogP contribution is -2.36. The Labute approximate surface area is 125 Å². The van der Waals surface area contributed by atoms with E-state index in [-0.39, 0.29) is 5.95 Å². The van der Waals surface area contributed by atoms with Crippen molar-refractivity contribution in [1.29, 1.82) is 0 Å². The Kier molecular flexibility index (Phi) is 5.04. The Hall–Kier alpha value is -2.06. The van der Waals surface area contributed by atoms with E-state index < -0.39 is 18.0 Å². The molecule has 0 spiro atoms. The molecule has 1 aromatic heterocycles. The van der Waals surface area contributed by atoms with E-state index in [0.717, 1.165) is 31.5 Å². The molecule has 1 aliphatic heterocycles. The van der Waals surface area contributed by atoms with Crippen molar-refractivity contribution in [2.24, 2.45) is 5.92 Å². The van der Waals surface area contributed by atoms with Gasteiger partial charge >= 0.3 is 12.3 Å². The molecule has 2 N–H and O–H groups in total. The minimum atomic E-state index is -4.47. The van der Waals surface area contributed by atoms with Gasteiger partial charge in [0.05, 0.1) is 0 Å². The molecule has 9 heteroatoms. The molecule has 0 aliphatic carbocycles. The molecular weight excluding hydrogens is 301 g/mol. The second-order valence-electron chi connectivity index (χ2n) is 5.19. The number of amides is 1. The van der Waals surface area contributed by atoms with Gasteiger partial charge in [0.15, 0.2) is 0 Å². The third-order valence-corrected chi connectivity index (χ3v) is 3.66. The van der Waals surface area contributed by atoms with Crippen LogP contribution in [-0.4, -0.2) is 40.8 Å². The molecule has 1 aromatic rings. The van der Waals surface area contributed by atoms with Crippen LogP contribution >= 0.6 is 0 Å². The van der Waals surface area contributed by atoms with Gasteiger partial charge in [0.25, 0.3) is 0 Å². The Bertz CT molecular complexity index is 516. The molecular formula is C13H17F3N4O2. The van der Waals surface area contributed by atoms with Gasteiger partial charge in [0, 0.05) is 25.8 Å². The number of alkyl halides is 3. The molecule has 0 atom stereocenters. The summed E-state index contributed by atoms with van der Waals surface area (Å²) in [7, 11) is 0. The molecule has 6 nitrogen and oxygen atoms in total. The summed E-state index contributed by atoms with van der Waals surface area (Å²) < 4.78 is 37.9. The minimum absolute atomic E-state index is 0.0944. The van der Waals surface area contributed by atoms with Crippen LogP contribution in [-0.2, 0) is 6.18 Å². The first-order valence-corrected chi connectivity index (χ1v) is 6.98.